The zero-order chi connectivity index (χ0) is 26.8. The van der Waals surface area contributed by atoms with Gasteiger partial charge in [0.15, 0.2) is 0 Å². The van der Waals surface area contributed by atoms with Gasteiger partial charge in [0.25, 0.3) is 6.71 Å². The summed E-state index contributed by atoms with van der Waals surface area (Å²) in [6.45, 7) is 10.2. The summed E-state index contributed by atoms with van der Waals surface area (Å²) in [6, 6.07) is 30.7. The fourth-order valence-corrected chi connectivity index (χ4v) is 10.2. The molecule has 1 aromatic heterocycles. The Labute approximate surface area is 236 Å². The van der Waals surface area contributed by atoms with Crippen molar-refractivity contribution in [1.29, 1.82) is 0 Å². The lowest BCUT2D eigenvalue weighted by atomic mass is 9.33. The molecule has 3 heteroatoms. The van der Waals surface area contributed by atoms with Gasteiger partial charge in [-0.15, -0.1) is 0 Å². The zero-order valence-corrected chi connectivity index (χ0v) is 23.8. The van der Waals surface area contributed by atoms with E-state index < -0.39 is 0 Å². The van der Waals surface area contributed by atoms with Crippen molar-refractivity contribution in [2.45, 2.75) is 69.7 Å². The lowest BCUT2D eigenvalue weighted by Crippen LogP contribution is -2.64. The van der Waals surface area contributed by atoms with Gasteiger partial charge in [0, 0.05) is 44.4 Å². The van der Waals surface area contributed by atoms with E-state index in [-0.39, 0.29) is 23.1 Å². The Kier molecular flexibility index (Phi) is 3.63. The fraction of sp³-hybridized carbons (Fsp3) is 0.297. The molecule has 2 aliphatic carbocycles. The molecule has 10 rings (SSSR count). The molecule has 5 aromatic rings. The Morgan fingerprint density at radius 1 is 0.700 bits per heavy atom. The molecule has 2 nitrogen and oxygen atoms in total. The fourth-order valence-electron chi connectivity index (χ4n) is 10.2. The molecule has 2 atom stereocenters. The van der Waals surface area contributed by atoms with Gasteiger partial charge in [-0.2, -0.15) is 0 Å². The number of hydrogen-bond donors (Lipinski definition) is 0. The van der Waals surface area contributed by atoms with E-state index in [1.54, 1.807) is 5.56 Å². The summed E-state index contributed by atoms with van der Waals surface area (Å²) >= 11 is 0. The third-order valence-corrected chi connectivity index (χ3v) is 12.1. The smallest absolute Gasteiger partial charge is 0.252 e. The second-order valence-electron chi connectivity index (χ2n) is 14.0. The molecule has 2 unspecified atom stereocenters. The highest BCUT2D eigenvalue weighted by Gasteiger charge is 2.61. The van der Waals surface area contributed by atoms with Crippen LogP contribution in [-0.2, 0) is 10.8 Å². The van der Waals surface area contributed by atoms with Gasteiger partial charge in [0.2, 0.25) is 0 Å². The number of aromatic nitrogens is 1. The molecule has 3 aliphatic heterocycles. The predicted octanol–water partition coefficient (Wildman–Crippen LogP) is 6.82. The van der Waals surface area contributed by atoms with Crippen molar-refractivity contribution in [3.8, 4) is 16.9 Å². The Balaban J connectivity index is 1.39. The first-order valence-electron chi connectivity index (χ1n) is 15.2. The molecule has 5 aliphatic rings. The van der Waals surface area contributed by atoms with E-state index in [9.17, 15) is 0 Å². The molecule has 4 heterocycles. The first kappa shape index (κ1) is 22.0. The minimum Gasteiger partial charge on any atom is -0.335 e. The summed E-state index contributed by atoms with van der Waals surface area (Å²) < 4.78 is 2.66. The maximum Gasteiger partial charge on any atom is 0.252 e. The molecular formula is C37H33BN2. The number of nitrogens with zero attached hydrogens (tertiary/aromatic N) is 2. The van der Waals surface area contributed by atoms with Crippen LogP contribution in [0.25, 0.3) is 27.8 Å². The molecule has 1 fully saturated rings. The van der Waals surface area contributed by atoms with Crippen LogP contribution < -0.4 is 21.3 Å². The second kappa shape index (κ2) is 6.60. The van der Waals surface area contributed by atoms with E-state index >= 15 is 0 Å². The van der Waals surface area contributed by atoms with Crippen LogP contribution in [0.1, 0.15) is 70.1 Å². The minimum absolute atomic E-state index is 0.0359. The summed E-state index contributed by atoms with van der Waals surface area (Å²) in [4.78, 5) is 2.82. The van der Waals surface area contributed by atoms with Gasteiger partial charge in [-0.25, -0.2) is 0 Å². The summed E-state index contributed by atoms with van der Waals surface area (Å²) in [5, 5.41) is 1.42. The molecule has 4 aromatic carbocycles. The Morgan fingerprint density at radius 3 is 2.33 bits per heavy atom. The molecule has 40 heavy (non-hydrogen) atoms. The molecule has 194 valence electrons. The van der Waals surface area contributed by atoms with Crippen molar-refractivity contribution in [2.75, 3.05) is 4.90 Å². The maximum absolute atomic E-state index is 2.82. The third-order valence-electron chi connectivity index (χ3n) is 12.1. The van der Waals surface area contributed by atoms with Gasteiger partial charge in [-0.1, -0.05) is 100 Å². The highest BCUT2D eigenvalue weighted by Crippen LogP contribution is 2.61. The van der Waals surface area contributed by atoms with Gasteiger partial charge < -0.3 is 9.47 Å². The summed E-state index contributed by atoms with van der Waals surface area (Å²) in [7, 11) is 0. The van der Waals surface area contributed by atoms with Gasteiger partial charge in [0.1, 0.15) is 0 Å². The van der Waals surface area contributed by atoms with Crippen molar-refractivity contribution < 1.29 is 0 Å². The van der Waals surface area contributed by atoms with Crippen LogP contribution in [-0.4, -0.2) is 16.8 Å². The molecule has 0 radical (unpaired) electrons. The monoisotopic (exact) mass is 516 g/mol. The van der Waals surface area contributed by atoms with Crippen molar-refractivity contribution in [3.05, 3.63) is 95.6 Å². The molecule has 0 N–H and O–H groups in total. The highest BCUT2D eigenvalue weighted by atomic mass is 15.3. The normalized spacial score (nSPS) is 25.4. The third kappa shape index (κ3) is 2.08. The number of fused-ring (bicyclic) bond motifs is 12. The topological polar surface area (TPSA) is 8.17 Å². The highest BCUT2D eigenvalue weighted by molar-refractivity contribution is 7.00. The van der Waals surface area contributed by atoms with Crippen LogP contribution in [0.3, 0.4) is 0 Å². The number of hydrogen-bond acceptors (Lipinski definition) is 1. The van der Waals surface area contributed by atoms with E-state index in [1.807, 2.05) is 0 Å². The van der Waals surface area contributed by atoms with E-state index in [1.165, 1.54) is 92.4 Å². The number of anilines is 2. The van der Waals surface area contributed by atoms with Crippen LogP contribution in [0.15, 0.2) is 78.9 Å². The van der Waals surface area contributed by atoms with Crippen LogP contribution in [0, 0.1) is 0 Å². The molecule has 0 amide bonds. The largest absolute Gasteiger partial charge is 0.335 e. The first-order valence-corrected chi connectivity index (χ1v) is 15.2. The number of para-hydroxylation sites is 2. The van der Waals surface area contributed by atoms with Crippen LogP contribution in [0.4, 0.5) is 11.4 Å². The van der Waals surface area contributed by atoms with Crippen LogP contribution >= 0.6 is 0 Å². The van der Waals surface area contributed by atoms with Crippen molar-refractivity contribution in [3.63, 3.8) is 0 Å². The number of rotatable bonds is 0. The minimum atomic E-state index is -0.0359. The summed E-state index contributed by atoms with van der Waals surface area (Å²) in [5.74, 6) is 0. The Hall–Kier alpha value is -3.72. The standard InChI is InChI=1S/C37H33BN2/c1-35(2)24-14-6-5-12-22(24)33-30(35)23-13-9-16-26-32(23)39(33)28-18-11-19-29-31(28)38(26)27-17-10-15-25-34(27)40(29)37(4)21-8-7-20-36(25,37)3/h5-6,9-19H,7-8,20-21H2,1-4H3. The molecule has 1 saturated carbocycles. The average Bonchev–Trinajstić information content (AvgIpc) is 3.51. The van der Waals surface area contributed by atoms with Crippen LogP contribution in [0.2, 0.25) is 0 Å². The molecule has 0 bridgehead atoms. The second-order valence-corrected chi connectivity index (χ2v) is 14.0. The number of benzene rings is 4. The summed E-state index contributed by atoms with van der Waals surface area (Å²) in [6.07, 6.45) is 5.15. The van der Waals surface area contributed by atoms with Gasteiger partial charge >= 0.3 is 0 Å². The van der Waals surface area contributed by atoms with E-state index in [0.717, 1.165) is 0 Å². The van der Waals surface area contributed by atoms with E-state index in [0.29, 0.717) is 0 Å². The summed E-state index contributed by atoms with van der Waals surface area (Å²) in [5.41, 5.74) is 17.8. The van der Waals surface area contributed by atoms with E-state index in [2.05, 4.69) is 116 Å². The van der Waals surface area contributed by atoms with Crippen molar-refractivity contribution in [2.24, 2.45) is 0 Å². The first-order chi connectivity index (χ1) is 19.4. The molecule has 0 spiro atoms. The zero-order valence-electron chi connectivity index (χ0n) is 23.8. The Morgan fingerprint density at radius 2 is 1.43 bits per heavy atom. The lowest BCUT2D eigenvalue weighted by molar-refractivity contribution is 0.195. The van der Waals surface area contributed by atoms with Crippen LogP contribution in [0.5, 0.6) is 0 Å². The Bertz CT molecular complexity index is 2000. The van der Waals surface area contributed by atoms with Gasteiger partial charge in [-0.05, 0) is 65.0 Å². The van der Waals surface area contributed by atoms with Gasteiger partial charge in [-0.3, -0.25) is 0 Å². The maximum atomic E-state index is 2.82. The lowest BCUT2D eigenvalue weighted by Gasteiger charge is -2.52. The average molecular weight is 516 g/mol. The SMILES string of the molecule is CC1(C)c2ccccc2-c2c1c1cccc3c1n2-c1cccc2c1B3c1cccc3c1N2C1(C)CCCCC31C. The quantitative estimate of drug-likeness (QED) is 0.201. The predicted molar refractivity (Wildman–Crippen MR) is 168 cm³/mol. The molecular weight excluding hydrogens is 483 g/mol. The van der Waals surface area contributed by atoms with Gasteiger partial charge in [0.05, 0.1) is 11.2 Å². The van der Waals surface area contributed by atoms with E-state index in [4.69, 9.17) is 0 Å². The van der Waals surface area contributed by atoms with Crippen molar-refractivity contribution in [1.82, 2.24) is 4.57 Å². The molecule has 0 saturated heterocycles. The van der Waals surface area contributed by atoms with Crippen molar-refractivity contribution >= 4 is 45.4 Å².